The number of nitrogens with zero attached hydrogens (tertiary/aromatic N) is 1. The number of fused-ring (bicyclic) bond motifs is 2. The average Bonchev–Trinajstić information content (AvgIpc) is 3.27. The number of para-hydroxylation sites is 1. The monoisotopic (exact) mass is 436 g/mol. The fourth-order valence-corrected chi connectivity index (χ4v) is 3.77. The van der Waals surface area contributed by atoms with Crippen LogP contribution in [0.3, 0.4) is 0 Å². The highest BCUT2D eigenvalue weighted by Gasteiger charge is 2.28. The van der Waals surface area contributed by atoms with Crippen molar-refractivity contribution in [1.82, 2.24) is 10.2 Å². The van der Waals surface area contributed by atoms with Crippen LogP contribution in [-0.2, 0) is 4.79 Å². The minimum absolute atomic E-state index is 0.107. The first-order chi connectivity index (χ1) is 15.4. The van der Waals surface area contributed by atoms with Gasteiger partial charge in [-0.15, -0.1) is 0 Å². The van der Waals surface area contributed by atoms with Crippen LogP contribution in [-0.4, -0.2) is 42.7 Å². The molecule has 4 rings (SSSR count). The van der Waals surface area contributed by atoms with Crippen molar-refractivity contribution in [3.8, 4) is 17.2 Å². The molecule has 0 spiro atoms. The Hall–Kier alpha value is -3.48. The summed E-state index contributed by atoms with van der Waals surface area (Å²) in [6.45, 7) is 3.89. The Labute approximate surface area is 188 Å². The first-order valence-corrected chi connectivity index (χ1v) is 10.8. The third-order valence-electron chi connectivity index (χ3n) is 5.85. The Kier molecular flexibility index (Phi) is 6.35. The van der Waals surface area contributed by atoms with Crippen LogP contribution in [0.25, 0.3) is 0 Å². The van der Waals surface area contributed by atoms with E-state index in [1.54, 1.807) is 32.2 Å². The van der Waals surface area contributed by atoms with E-state index >= 15 is 0 Å². The molecule has 0 fully saturated rings. The summed E-state index contributed by atoms with van der Waals surface area (Å²) in [5.74, 6) is 1.38. The van der Waals surface area contributed by atoms with E-state index in [9.17, 15) is 9.59 Å². The van der Waals surface area contributed by atoms with E-state index in [4.69, 9.17) is 14.2 Å². The van der Waals surface area contributed by atoms with E-state index in [-0.39, 0.29) is 30.8 Å². The summed E-state index contributed by atoms with van der Waals surface area (Å²) in [5, 5.41) is 3.10. The van der Waals surface area contributed by atoms with Crippen molar-refractivity contribution in [3.05, 3.63) is 65.7 Å². The zero-order chi connectivity index (χ0) is 22.7. The number of rotatable bonds is 1. The molecule has 0 saturated carbocycles. The van der Waals surface area contributed by atoms with E-state index in [0.29, 0.717) is 35.7 Å². The minimum atomic E-state index is -0.670. The number of hydrogen-bond acceptors (Lipinski definition) is 5. The van der Waals surface area contributed by atoms with Crippen molar-refractivity contribution in [2.75, 3.05) is 13.8 Å². The lowest BCUT2D eigenvalue weighted by Crippen LogP contribution is -2.47. The first kappa shape index (κ1) is 21.7. The van der Waals surface area contributed by atoms with Gasteiger partial charge in [-0.2, -0.15) is 0 Å². The number of amides is 2. The third-order valence-corrected chi connectivity index (χ3v) is 5.85. The Morgan fingerprint density at radius 3 is 2.53 bits per heavy atom. The van der Waals surface area contributed by atoms with Crippen LogP contribution in [0.5, 0.6) is 17.2 Å². The normalized spacial score (nSPS) is 24.7. The lowest BCUT2D eigenvalue weighted by molar-refractivity contribution is -0.125. The molecule has 2 aromatic rings. The van der Waals surface area contributed by atoms with Gasteiger partial charge >= 0.3 is 0 Å². The van der Waals surface area contributed by atoms with Crippen LogP contribution < -0.4 is 19.5 Å². The lowest BCUT2D eigenvalue weighted by atomic mass is 10.0. The van der Waals surface area contributed by atoms with E-state index in [2.05, 4.69) is 5.32 Å². The lowest BCUT2D eigenvalue weighted by Gasteiger charge is -2.28. The molecule has 3 atom stereocenters. The second-order valence-electron chi connectivity index (χ2n) is 8.13. The van der Waals surface area contributed by atoms with Gasteiger partial charge in [0.25, 0.3) is 5.91 Å². The summed E-state index contributed by atoms with van der Waals surface area (Å²) < 4.78 is 17.0. The molecule has 0 aromatic heterocycles. The maximum Gasteiger partial charge on any atom is 0.258 e. The summed E-state index contributed by atoms with van der Waals surface area (Å²) in [6, 6.07) is 11.9. The molecule has 0 saturated heterocycles. The van der Waals surface area contributed by atoms with Gasteiger partial charge in [0.15, 0.2) is 11.5 Å². The van der Waals surface area contributed by atoms with Gasteiger partial charge < -0.3 is 24.4 Å². The average molecular weight is 437 g/mol. The second-order valence-corrected chi connectivity index (χ2v) is 8.13. The molecular weight excluding hydrogens is 408 g/mol. The largest absolute Gasteiger partial charge is 0.490 e. The van der Waals surface area contributed by atoms with Crippen molar-refractivity contribution in [2.24, 2.45) is 0 Å². The molecule has 2 heterocycles. The standard InChI is InChI=1S/C25H28N2O5/c1-16-8-4-6-10-20(18-12-13-22-23(14-18)31-15-30-22)26-24(28)17(2)27(3)25(29)19-9-5-7-11-21(19)32-16/h4-7,9,11-14,16-17,20H,8,10,15H2,1-3H3,(H,26,28)/b6-4-/t16-,17+,20-/m1/s1. The zero-order valence-corrected chi connectivity index (χ0v) is 18.5. The van der Waals surface area contributed by atoms with E-state index in [1.807, 2.05) is 43.3 Å². The van der Waals surface area contributed by atoms with Gasteiger partial charge in [0, 0.05) is 13.5 Å². The SMILES string of the molecule is C[C@@H]1C/C=C\C[C@H](c2ccc3c(c2)OCO3)NC(=O)[C@H](C)N(C)C(=O)c2ccccc2O1. The number of ether oxygens (including phenoxy) is 3. The quantitative estimate of drug-likeness (QED) is 0.687. The van der Waals surface area contributed by atoms with Crippen LogP contribution in [0.4, 0.5) is 0 Å². The number of hydrogen-bond donors (Lipinski definition) is 1. The molecule has 1 N–H and O–H groups in total. The molecule has 0 unspecified atom stereocenters. The highest BCUT2D eigenvalue weighted by molar-refractivity contribution is 5.99. The van der Waals surface area contributed by atoms with Crippen molar-refractivity contribution in [2.45, 2.75) is 44.9 Å². The fourth-order valence-electron chi connectivity index (χ4n) is 3.77. The molecule has 0 bridgehead atoms. The molecule has 7 heteroatoms. The molecule has 2 amide bonds. The predicted octanol–water partition coefficient (Wildman–Crippen LogP) is 3.85. The molecule has 2 aliphatic heterocycles. The van der Waals surface area contributed by atoms with Gasteiger partial charge in [-0.05, 0) is 50.1 Å². The molecule has 7 nitrogen and oxygen atoms in total. The summed E-state index contributed by atoms with van der Waals surface area (Å²) in [6.07, 6.45) is 5.26. The summed E-state index contributed by atoms with van der Waals surface area (Å²) in [4.78, 5) is 27.7. The second kappa shape index (κ2) is 9.34. The van der Waals surface area contributed by atoms with E-state index < -0.39 is 6.04 Å². The highest BCUT2D eigenvalue weighted by Crippen LogP contribution is 2.35. The molecular formula is C25H28N2O5. The molecule has 168 valence electrons. The number of likely N-dealkylation sites (N-methyl/N-ethyl adjacent to an activating group) is 1. The van der Waals surface area contributed by atoms with Crippen molar-refractivity contribution in [3.63, 3.8) is 0 Å². The zero-order valence-electron chi connectivity index (χ0n) is 18.5. The third kappa shape index (κ3) is 4.56. The van der Waals surface area contributed by atoms with Crippen LogP contribution >= 0.6 is 0 Å². The number of carbonyl (C=O) groups excluding carboxylic acids is 2. The first-order valence-electron chi connectivity index (χ1n) is 10.8. The summed E-state index contributed by atoms with van der Waals surface area (Å²) in [5.41, 5.74) is 1.35. The number of benzene rings is 2. The number of carbonyl (C=O) groups is 2. The Bertz CT molecular complexity index is 1030. The van der Waals surface area contributed by atoms with Crippen molar-refractivity contribution >= 4 is 11.8 Å². The maximum absolute atomic E-state index is 13.2. The highest BCUT2D eigenvalue weighted by atomic mass is 16.7. The molecule has 2 aliphatic rings. The van der Waals surface area contributed by atoms with E-state index in [0.717, 1.165) is 5.56 Å². The summed E-state index contributed by atoms with van der Waals surface area (Å²) in [7, 11) is 1.63. The summed E-state index contributed by atoms with van der Waals surface area (Å²) >= 11 is 0. The smallest absolute Gasteiger partial charge is 0.258 e. The van der Waals surface area contributed by atoms with Gasteiger partial charge in [0.05, 0.1) is 17.7 Å². The Morgan fingerprint density at radius 1 is 0.938 bits per heavy atom. The van der Waals surface area contributed by atoms with E-state index in [1.165, 1.54) is 4.90 Å². The molecule has 0 aliphatic carbocycles. The van der Waals surface area contributed by atoms with Gasteiger partial charge in [0.2, 0.25) is 12.7 Å². The predicted molar refractivity (Wildman–Crippen MR) is 120 cm³/mol. The minimum Gasteiger partial charge on any atom is -0.490 e. The van der Waals surface area contributed by atoms with Crippen LogP contribution in [0, 0.1) is 0 Å². The maximum atomic E-state index is 13.2. The van der Waals surface area contributed by atoms with Gasteiger partial charge in [-0.3, -0.25) is 9.59 Å². The van der Waals surface area contributed by atoms with Crippen LogP contribution in [0.15, 0.2) is 54.6 Å². The molecule has 0 radical (unpaired) electrons. The van der Waals surface area contributed by atoms with Crippen LogP contribution in [0.1, 0.15) is 48.7 Å². The van der Waals surface area contributed by atoms with Crippen molar-refractivity contribution < 1.29 is 23.8 Å². The molecule has 2 aromatic carbocycles. The topological polar surface area (TPSA) is 77.1 Å². The Balaban J connectivity index is 1.64. The Morgan fingerprint density at radius 2 is 1.69 bits per heavy atom. The van der Waals surface area contributed by atoms with Gasteiger partial charge in [-0.1, -0.05) is 30.4 Å². The van der Waals surface area contributed by atoms with Gasteiger partial charge in [-0.25, -0.2) is 0 Å². The molecule has 32 heavy (non-hydrogen) atoms. The fraction of sp³-hybridized carbons (Fsp3) is 0.360. The van der Waals surface area contributed by atoms with Crippen molar-refractivity contribution in [1.29, 1.82) is 0 Å². The van der Waals surface area contributed by atoms with Gasteiger partial charge in [0.1, 0.15) is 11.8 Å². The number of nitrogens with one attached hydrogen (secondary N) is 1. The van der Waals surface area contributed by atoms with Crippen LogP contribution in [0.2, 0.25) is 0 Å².